The molecule has 0 aliphatic heterocycles. The third-order valence-electron chi connectivity index (χ3n) is 2.16. The summed E-state index contributed by atoms with van der Waals surface area (Å²) in [6.07, 6.45) is 0.828. The van der Waals surface area contributed by atoms with Gasteiger partial charge in [-0.15, -0.1) is 0 Å². The Balaban J connectivity index is 2.21. The van der Waals surface area contributed by atoms with E-state index in [1.54, 1.807) is 0 Å². The third-order valence-corrected chi connectivity index (χ3v) is 3.82. The van der Waals surface area contributed by atoms with Gasteiger partial charge in [0.2, 0.25) is 0 Å². The Morgan fingerprint density at radius 2 is 2.00 bits per heavy atom. The smallest absolute Gasteiger partial charge is 0.181 e. The maximum Gasteiger partial charge on any atom is 0.181 e. The van der Waals surface area contributed by atoms with E-state index < -0.39 is 0 Å². The second-order valence-electron chi connectivity index (χ2n) is 3.43. The van der Waals surface area contributed by atoms with E-state index in [-0.39, 0.29) is 0 Å². The third kappa shape index (κ3) is 2.58. The van der Waals surface area contributed by atoms with Crippen LogP contribution in [0.4, 0.5) is 5.13 Å². The van der Waals surface area contributed by atoms with Crippen LogP contribution in [-0.2, 0) is 6.42 Å². The predicted molar refractivity (Wildman–Crippen MR) is 68.2 cm³/mol. The molecule has 78 valence electrons. The SMILES string of the molecule is Cc1ccc(Cc2nc(N)sc2Br)cc1. The molecule has 0 amide bonds. The van der Waals surface area contributed by atoms with Gasteiger partial charge in [-0.3, -0.25) is 0 Å². The van der Waals surface area contributed by atoms with Crippen molar-refractivity contribution in [3.63, 3.8) is 0 Å². The highest BCUT2D eigenvalue weighted by atomic mass is 79.9. The van der Waals surface area contributed by atoms with E-state index in [0.29, 0.717) is 5.13 Å². The van der Waals surface area contributed by atoms with E-state index >= 15 is 0 Å². The molecule has 1 aromatic heterocycles. The van der Waals surface area contributed by atoms with Gasteiger partial charge in [0.15, 0.2) is 5.13 Å². The summed E-state index contributed by atoms with van der Waals surface area (Å²) < 4.78 is 1.03. The Morgan fingerprint density at radius 3 is 2.53 bits per heavy atom. The first kappa shape index (κ1) is 10.6. The molecule has 2 N–H and O–H groups in total. The van der Waals surface area contributed by atoms with Gasteiger partial charge in [-0.05, 0) is 28.4 Å². The van der Waals surface area contributed by atoms with Gasteiger partial charge in [0, 0.05) is 6.42 Å². The molecule has 0 saturated heterocycles. The van der Waals surface area contributed by atoms with Crippen LogP contribution in [-0.4, -0.2) is 4.98 Å². The molecule has 0 bridgehead atoms. The van der Waals surface area contributed by atoms with Crippen LogP contribution in [0.5, 0.6) is 0 Å². The molecule has 4 heteroatoms. The lowest BCUT2D eigenvalue weighted by atomic mass is 10.1. The van der Waals surface area contributed by atoms with Gasteiger partial charge < -0.3 is 5.73 Å². The van der Waals surface area contributed by atoms with Crippen LogP contribution >= 0.6 is 27.3 Å². The number of hydrogen-bond donors (Lipinski definition) is 1. The van der Waals surface area contributed by atoms with Gasteiger partial charge in [-0.2, -0.15) is 0 Å². The number of nitrogens with two attached hydrogens (primary N) is 1. The molecule has 0 fully saturated rings. The normalized spacial score (nSPS) is 10.5. The molecule has 0 spiro atoms. The summed E-state index contributed by atoms with van der Waals surface area (Å²) in [5.41, 5.74) is 9.18. The van der Waals surface area contributed by atoms with Crippen molar-refractivity contribution >= 4 is 32.4 Å². The maximum atomic E-state index is 5.63. The molecule has 2 rings (SSSR count). The van der Waals surface area contributed by atoms with Gasteiger partial charge in [0.25, 0.3) is 0 Å². The Kier molecular flexibility index (Phi) is 3.07. The fourth-order valence-corrected chi connectivity index (χ4v) is 2.66. The highest BCUT2D eigenvalue weighted by Crippen LogP contribution is 2.28. The van der Waals surface area contributed by atoms with E-state index in [1.807, 2.05) is 0 Å². The molecule has 0 atom stereocenters. The lowest BCUT2D eigenvalue weighted by Crippen LogP contribution is -1.90. The van der Waals surface area contributed by atoms with Gasteiger partial charge in [-0.25, -0.2) is 4.98 Å². The minimum Gasteiger partial charge on any atom is -0.375 e. The average Bonchev–Trinajstić information content (AvgIpc) is 2.49. The summed E-state index contributed by atoms with van der Waals surface area (Å²) in [6, 6.07) is 8.46. The van der Waals surface area contributed by atoms with E-state index in [9.17, 15) is 0 Å². The maximum absolute atomic E-state index is 5.63. The summed E-state index contributed by atoms with van der Waals surface area (Å²) in [5, 5.41) is 0.615. The molecular formula is C11H11BrN2S. The van der Waals surface area contributed by atoms with Crippen LogP contribution in [0, 0.1) is 6.92 Å². The van der Waals surface area contributed by atoms with Crippen molar-refractivity contribution in [3.8, 4) is 0 Å². The fraction of sp³-hybridized carbons (Fsp3) is 0.182. The number of nitrogen functional groups attached to an aromatic ring is 1. The van der Waals surface area contributed by atoms with E-state index in [1.165, 1.54) is 22.5 Å². The van der Waals surface area contributed by atoms with Crippen LogP contribution in [0.3, 0.4) is 0 Å². The first-order valence-corrected chi connectivity index (χ1v) is 6.22. The number of aromatic nitrogens is 1. The van der Waals surface area contributed by atoms with Crippen LogP contribution < -0.4 is 5.73 Å². The molecule has 0 radical (unpaired) electrons. The minimum atomic E-state index is 0.615. The first-order chi connectivity index (χ1) is 7.15. The Hall–Kier alpha value is -0.870. The zero-order valence-corrected chi connectivity index (χ0v) is 10.7. The lowest BCUT2D eigenvalue weighted by molar-refractivity contribution is 1.10. The fourth-order valence-electron chi connectivity index (χ4n) is 1.36. The quantitative estimate of drug-likeness (QED) is 0.917. The summed E-state index contributed by atoms with van der Waals surface area (Å²) in [6.45, 7) is 2.08. The van der Waals surface area contributed by atoms with Crippen LogP contribution in [0.15, 0.2) is 28.1 Å². The van der Waals surface area contributed by atoms with Crippen molar-refractivity contribution in [2.45, 2.75) is 13.3 Å². The van der Waals surface area contributed by atoms with E-state index in [2.05, 4.69) is 52.1 Å². The molecule has 2 aromatic rings. The number of thiazole rings is 1. The number of hydrogen-bond acceptors (Lipinski definition) is 3. The first-order valence-electron chi connectivity index (χ1n) is 4.61. The van der Waals surface area contributed by atoms with E-state index in [0.717, 1.165) is 15.9 Å². The summed E-state index contributed by atoms with van der Waals surface area (Å²) in [5.74, 6) is 0. The monoisotopic (exact) mass is 282 g/mol. The number of nitrogens with zero attached hydrogens (tertiary/aromatic N) is 1. The van der Waals surface area contributed by atoms with Crippen molar-refractivity contribution < 1.29 is 0 Å². The number of rotatable bonds is 2. The van der Waals surface area contributed by atoms with Crippen molar-refractivity contribution in [3.05, 3.63) is 44.9 Å². The Morgan fingerprint density at radius 1 is 1.33 bits per heavy atom. The Bertz CT molecular complexity index is 462. The van der Waals surface area contributed by atoms with Gasteiger partial charge >= 0.3 is 0 Å². The van der Waals surface area contributed by atoms with Gasteiger partial charge in [0.1, 0.15) is 0 Å². The zero-order chi connectivity index (χ0) is 10.8. The summed E-state index contributed by atoms with van der Waals surface area (Å²) in [4.78, 5) is 4.28. The summed E-state index contributed by atoms with van der Waals surface area (Å²) in [7, 11) is 0. The number of aryl methyl sites for hydroxylation is 1. The Labute approximate surface area is 101 Å². The summed E-state index contributed by atoms with van der Waals surface area (Å²) >= 11 is 4.94. The number of anilines is 1. The molecule has 0 unspecified atom stereocenters. The average molecular weight is 283 g/mol. The largest absolute Gasteiger partial charge is 0.375 e. The molecule has 0 aliphatic carbocycles. The topological polar surface area (TPSA) is 38.9 Å². The standard InChI is InChI=1S/C11H11BrN2S/c1-7-2-4-8(5-3-7)6-9-10(12)15-11(13)14-9/h2-5H,6H2,1H3,(H2,13,14). The molecule has 1 aromatic carbocycles. The number of halogens is 1. The second kappa shape index (κ2) is 4.33. The molecule has 2 nitrogen and oxygen atoms in total. The highest BCUT2D eigenvalue weighted by Gasteiger charge is 2.07. The minimum absolute atomic E-state index is 0.615. The van der Waals surface area contributed by atoms with Crippen LogP contribution in [0.25, 0.3) is 0 Å². The van der Waals surface area contributed by atoms with Gasteiger partial charge in [-0.1, -0.05) is 41.2 Å². The molecule has 15 heavy (non-hydrogen) atoms. The van der Waals surface area contributed by atoms with Crippen molar-refractivity contribution in [1.82, 2.24) is 4.98 Å². The zero-order valence-electron chi connectivity index (χ0n) is 8.33. The van der Waals surface area contributed by atoms with Crippen LogP contribution in [0.1, 0.15) is 16.8 Å². The van der Waals surface area contributed by atoms with Crippen LogP contribution in [0.2, 0.25) is 0 Å². The molecule has 1 heterocycles. The van der Waals surface area contributed by atoms with Crippen molar-refractivity contribution in [2.24, 2.45) is 0 Å². The predicted octanol–water partition coefficient (Wildman–Crippen LogP) is 3.39. The second-order valence-corrected chi connectivity index (χ2v) is 5.78. The van der Waals surface area contributed by atoms with Crippen molar-refractivity contribution in [2.75, 3.05) is 5.73 Å². The van der Waals surface area contributed by atoms with Crippen molar-refractivity contribution in [1.29, 1.82) is 0 Å². The molecule has 0 aliphatic rings. The molecular weight excluding hydrogens is 272 g/mol. The number of benzene rings is 1. The lowest BCUT2D eigenvalue weighted by Gasteiger charge is -1.99. The van der Waals surface area contributed by atoms with E-state index in [4.69, 9.17) is 5.73 Å². The highest BCUT2D eigenvalue weighted by molar-refractivity contribution is 9.11. The van der Waals surface area contributed by atoms with Gasteiger partial charge in [0.05, 0.1) is 9.48 Å². The molecule has 0 saturated carbocycles.